The van der Waals surface area contributed by atoms with Gasteiger partial charge in [-0.2, -0.15) is 0 Å². The van der Waals surface area contributed by atoms with Crippen molar-refractivity contribution in [2.45, 2.75) is 33.3 Å². The summed E-state index contributed by atoms with van der Waals surface area (Å²) in [6.07, 6.45) is 0.459. The number of hydrogen-bond donors (Lipinski definition) is 2. The van der Waals surface area contributed by atoms with E-state index in [0.717, 1.165) is 60.9 Å². The van der Waals surface area contributed by atoms with Crippen LogP contribution in [0.25, 0.3) is 22.6 Å². The lowest BCUT2D eigenvalue weighted by Crippen LogP contribution is -2.29. The van der Waals surface area contributed by atoms with Crippen LogP contribution in [-0.2, 0) is 0 Å². The van der Waals surface area contributed by atoms with Crippen LogP contribution < -0.4 is 15.0 Å². The molecule has 4 heterocycles. The van der Waals surface area contributed by atoms with E-state index in [9.17, 15) is 5.11 Å². The summed E-state index contributed by atoms with van der Waals surface area (Å²) in [6, 6.07) is 5.40. The molecule has 10 heteroatoms. The molecule has 2 N–H and O–H groups in total. The van der Waals surface area contributed by atoms with Gasteiger partial charge < -0.3 is 29.5 Å². The van der Waals surface area contributed by atoms with Gasteiger partial charge in [0.15, 0.2) is 5.82 Å². The second-order valence-electron chi connectivity index (χ2n) is 10.3. The van der Waals surface area contributed by atoms with Crippen molar-refractivity contribution in [3.8, 4) is 28.4 Å². The number of benzene rings is 1. The molecule has 202 valence electrons. The van der Waals surface area contributed by atoms with Gasteiger partial charge in [0.1, 0.15) is 30.0 Å². The van der Waals surface area contributed by atoms with Crippen LogP contribution in [0.2, 0.25) is 5.02 Å². The number of anilines is 1. The van der Waals surface area contributed by atoms with Crippen LogP contribution in [0.3, 0.4) is 0 Å². The van der Waals surface area contributed by atoms with Gasteiger partial charge in [0.2, 0.25) is 0 Å². The molecule has 0 saturated heterocycles. The summed E-state index contributed by atoms with van der Waals surface area (Å²) in [5.74, 6) is 2.69. The fourth-order valence-electron chi connectivity index (χ4n) is 5.29. The molecule has 9 nitrogen and oxygen atoms in total. The molecule has 0 saturated carbocycles. The van der Waals surface area contributed by atoms with Crippen molar-refractivity contribution in [2.75, 3.05) is 58.3 Å². The van der Waals surface area contributed by atoms with Gasteiger partial charge in [-0.1, -0.05) is 16.8 Å². The molecule has 0 aliphatic carbocycles. The van der Waals surface area contributed by atoms with Crippen molar-refractivity contribution in [3.63, 3.8) is 0 Å². The maximum Gasteiger partial charge on any atom is 0.163 e. The van der Waals surface area contributed by atoms with Gasteiger partial charge in [0, 0.05) is 43.9 Å². The van der Waals surface area contributed by atoms with Crippen LogP contribution in [0.1, 0.15) is 23.4 Å². The van der Waals surface area contributed by atoms with Crippen LogP contribution in [0.15, 0.2) is 33.9 Å². The Kier molecular flexibility index (Phi) is 7.72. The van der Waals surface area contributed by atoms with E-state index in [1.165, 1.54) is 11.1 Å². The molecule has 2 aliphatic heterocycles. The average molecular weight is 539 g/mol. The lowest BCUT2D eigenvalue weighted by Gasteiger charge is -2.23. The van der Waals surface area contributed by atoms with Gasteiger partial charge >= 0.3 is 0 Å². The molecule has 0 unspecified atom stereocenters. The number of nitrogens with one attached hydrogen (secondary N) is 1. The van der Waals surface area contributed by atoms with Crippen LogP contribution in [0.5, 0.6) is 5.75 Å². The SMILES string of the molecule is CNC[C@@H](O)COc1ccc(Cl)c(-c2nc(-c3c(C)noc3C)c(C)c(N3CC4=C(CN(C)CC4)C3)n2)c1. The van der Waals surface area contributed by atoms with Crippen molar-refractivity contribution in [1.29, 1.82) is 0 Å². The number of likely N-dealkylation sites (N-methyl/N-ethyl adjacent to an activating group) is 2. The summed E-state index contributed by atoms with van der Waals surface area (Å²) < 4.78 is 11.4. The van der Waals surface area contributed by atoms with Crippen LogP contribution in [0, 0.1) is 20.8 Å². The minimum absolute atomic E-state index is 0.158. The molecule has 0 amide bonds. The molecule has 38 heavy (non-hydrogen) atoms. The number of aromatic nitrogens is 3. The summed E-state index contributed by atoms with van der Waals surface area (Å²) in [5, 5.41) is 17.7. The van der Waals surface area contributed by atoms with Gasteiger partial charge in [-0.15, -0.1) is 0 Å². The van der Waals surface area contributed by atoms with Crippen LogP contribution in [-0.4, -0.2) is 84.7 Å². The third kappa shape index (κ3) is 5.29. The predicted octanol–water partition coefficient (Wildman–Crippen LogP) is 3.79. The highest BCUT2D eigenvalue weighted by atomic mass is 35.5. The number of ether oxygens (including phenoxy) is 1. The predicted molar refractivity (Wildman–Crippen MR) is 149 cm³/mol. The topological polar surface area (TPSA) is 99.8 Å². The number of halogens is 1. The van der Waals surface area contributed by atoms with Gasteiger partial charge in [0.25, 0.3) is 0 Å². The largest absolute Gasteiger partial charge is 0.491 e. The van der Waals surface area contributed by atoms with Gasteiger partial charge in [0.05, 0.1) is 22.0 Å². The van der Waals surface area contributed by atoms with E-state index < -0.39 is 6.10 Å². The highest BCUT2D eigenvalue weighted by molar-refractivity contribution is 6.33. The Balaban J connectivity index is 1.57. The molecule has 3 aromatic rings. The molecule has 2 aromatic heterocycles. The molecule has 0 radical (unpaired) electrons. The Morgan fingerprint density at radius 1 is 1.16 bits per heavy atom. The molecular formula is C28H35ClN6O3. The van der Waals surface area contributed by atoms with E-state index in [0.29, 0.717) is 34.5 Å². The Hall–Kier alpha value is -2.98. The Morgan fingerprint density at radius 2 is 1.95 bits per heavy atom. The number of nitrogens with zero attached hydrogens (tertiary/aromatic N) is 5. The smallest absolute Gasteiger partial charge is 0.163 e. The second kappa shape index (κ2) is 11.0. The maximum absolute atomic E-state index is 10.1. The molecule has 0 spiro atoms. The molecular weight excluding hydrogens is 504 g/mol. The van der Waals surface area contributed by atoms with Gasteiger partial charge in [-0.3, -0.25) is 0 Å². The van der Waals surface area contributed by atoms with Gasteiger partial charge in [-0.05, 0) is 70.6 Å². The third-order valence-corrected chi connectivity index (χ3v) is 7.60. The number of aliphatic hydroxyl groups excluding tert-OH is 1. The monoisotopic (exact) mass is 538 g/mol. The first-order valence-electron chi connectivity index (χ1n) is 13.0. The molecule has 1 aromatic carbocycles. The lowest BCUT2D eigenvalue weighted by atomic mass is 10.0. The molecule has 0 bridgehead atoms. The highest BCUT2D eigenvalue weighted by Gasteiger charge is 2.30. The maximum atomic E-state index is 10.1. The van der Waals surface area contributed by atoms with Crippen molar-refractivity contribution in [2.24, 2.45) is 0 Å². The normalized spacial score (nSPS) is 16.8. The summed E-state index contributed by atoms with van der Waals surface area (Å²) >= 11 is 6.70. The Morgan fingerprint density at radius 3 is 2.68 bits per heavy atom. The van der Waals surface area contributed by atoms with Crippen molar-refractivity contribution in [3.05, 3.63) is 51.4 Å². The van der Waals surface area contributed by atoms with Crippen LogP contribution >= 0.6 is 11.6 Å². The molecule has 5 rings (SSSR count). The summed E-state index contributed by atoms with van der Waals surface area (Å²) in [5.41, 5.74) is 7.08. The Bertz CT molecular complexity index is 1350. The van der Waals surface area contributed by atoms with Gasteiger partial charge in [-0.25, -0.2) is 9.97 Å². The number of aryl methyl sites for hydroxylation is 2. The number of aliphatic hydroxyl groups is 1. The fraction of sp³-hybridized carbons (Fsp3) is 0.464. The highest BCUT2D eigenvalue weighted by Crippen LogP contribution is 2.39. The average Bonchev–Trinajstić information content (AvgIpc) is 3.46. The first-order chi connectivity index (χ1) is 18.2. The van der Waals surface area contributed by atoms with Crippen molar-refractivity contribution < 1.29 is 14.4 Å². The summed E-state index contributed by atoms with van der Waals surface area (Å²) in [4.78, 5) is 14.8. The first-order valence-corrected chi connectivity index (χ1v) is 13.3. The van der Waals surface area contributed by atoms with Crippen molar-refractivity contribution >= 4 is 17.4 Å². The lowest BCUT2D eigenvalue weighted by molar-refractivity contribution is 0.108. The zero-order valence-corrected chi connectivity index (χ0v) is 23.4. The number of rotatable bonds is 8. The minimum atomic E-state index is -0.625. The van der Waals surface area contributed by atoms with E-state index in [1.54, 1.807) is 19.2 Å². The number of hydrogen-bond acceptors (Lipinski definition) is 9. The Labute approximate surface area is 228 Å². The second-order valence-corrected chi connectivity index (χ2v) is 10.7. The van der Waals surface area contributed by atoms with Crippen LogP contribution in [0.4, 0.5) is 5.82 Å². The fourth-order valence-corrected chi connectivity index (χ4v) is 5.49. The van der Waals surface area contributed by atoms with E-state index in [2.05, 4.69) is 34.2 Å². The first kappa shape index (κ1) is 26.6. The summed E-state index contributed by atoms with van der Waals surface area (Å²) in [7, 11) is 3.96. The van der Waals surface area contributed by atoms with E-state index in [1.807, 2.05) is 19.9 Å². The van der Waals surface area contributed by atoms with E-state index in [-0.39, 0.29) is 6.61 Å². The standard InChI is InChI=1S/C28H35ClN6O3/c1-16-26(25-17(2)33-38-18(25)3)31-27(23-10-22(6-7-24(23)29)37-15-21(36)11-30-4)32-28(16)35-13-19-8-9-34(5)12-20(19)14-35/h6-7,10,21,30,36H,8-9,11-15H2,1-5H3/t21-/m1/s1. The van der Waals surface area contributed by atoms with Crippen molar-refractivity contribution in [1.82, 2.24) is 25.3 Å². The minimum Gasteiger partial charge on any atom is -0.491 e. The molecule has 2 aliphatic rings. The molecule has 0 fully saturated rings. The summed E-state index contributed by atoms with van der Waals surface area (Å²) in [6.45, 7) is 10.3. The molecule has 1 atom stereocenters. The zero-order chi connectivity index (χ0) is 27.0. The third-order valence-electron chi connectivity index (χ3n) is 7.27. The van der Waals surface area contributed by atoms with E-state index >= 15 is 0 Å². The van der Waals surface area contributed by atoms with E-state index in [4.69, 9.17) is 30.8 Å². The quantitative estimate of drug-likeness (QED) is 0.415. The zero-order valence-electron chi connectivity index (χ0n) is 22.6.